The molecule has 1 aromatic heterocycles. The van der Waals surface area contributed by atoms with Crippen molar-refractivity contribution < 1.29 is 14.4 Å². The smallest absolute Gasteiger partial charge is 0.234 e. The number of ether oxygens (including phenoxy) is 1. The van der Waals surface area contributed by atoms with Gasteiger partial charge in [-0.05, 0) is 18.9 Å². The van der Waals surface area contributed by atoms with Crippen LogP contribution in [0.1, 0.15) is 35.2 Å². The lowest BCUT2D eigenvalue weighted by Gasteiger charge is -2.24. The van der Waals surface area contributed by atoms with Crippen molar-refractivity contribution in [1.29, 1.82) is 0 Å². The number of rotatable bonds is 3. The van der Waals surface area contributed by atoms with Crippen LogP contribution < -0.4 is 0 Å². The third-order valence-corrected chi connectivity index (χ3v) is 3.57. The van der Waals surface area contributed by atoms with Crippen LogP contribution in [0, 0.1) is 6.92 Å². The summed E-state index contributed by atoms with van der Waals surface area (Å²) in [4.78, 5) is 4.39. The highest BCUT2D eigenvalue weighted by Crippen LogP contribution is 2.24. The SMILES string of the molecule is Cc1cccc(Cc2noc(C3COCCC3O)n2)c1. The maximum Gasteiger partial charge on any atom is 0.234 e. The Balaban J connectivity index is 1.73. The van der Waals surface area contributed by atoms with Gasteiger partial charge in [-0.2, -0.15) is 4.98 Å². The Morgan fingerprint density at radius 1 is 1.40 bits per heavy atom. The van der Waals surface area contributed by atoms with Crippen molar-refractivity contribution in [3.05, 3.63) is 47.1 Å². The second-order valence-corrected chi connectivity index (χ2v) is 5.25. The van der Waals surface area contributed by atoms with E-state index >= 15 is 0 Å². The van der Waals surface area contributed by atoms with E-state index in [2.05, 4.69) is 29.2 Å². The van der Waals surface area contributed by atoms with Gasteiger partial charge in [-0.1, -0.05) is 35.0 Å². The highest BCUT2D eigenvalue weighted by atomic mass is 16.5. The van der Waals surface area contributed by atoms with E-state index in [0.717, 1.165) is 5.56 Å². The molecule has 0 amide bonds. The summed E-state index contributed by atoms with van der Waals surface area (Å²) >= 11 is 0. The molecule has 0 bridgehead atoms. The first-order valence-corrected chi connectivity index (χ1v) is 6.86. The van der Waals surface area contributed by atoms with Crippen LogP contribution in [0.3, 0.4) is 0 Å². The molecule has 2 heterocycles. The molecule has 1 fully saturated rings. The Hall–Kier alpha value is -1.72. The number of aliphatic hydroxyl groups excluding tert-OH is 1. The molecular weight excluding hydrogens is 256 g/mol. The number of nitrogens with zero attached hydrogens (tertiary/aromatic N) is 2. The summed E-state index contributed by atoms with van der Waals surface area (Å²) in [5.74, 6) is 0.908. The lowest BCUT2D eigenvalue weighted by Crippen LogP contribution is -2.30. The fraction of sp³-hybridized carbons (Fsp3) is 0.467. The van der Waals surface area contributed by atoms with Crippen LogP contribution in [0.4, 0.5) is 0 Å². The lowest BCUT2D eigenvalue weighted by molar-refractivity contribution is -0.0149. The fourth-order valence-corrected chi connectivity index (χ4v) is 2.46. The normalized spacial score (nSPS) is 22.9. The average molecular weight is 274 g/mol. The predicted octanol–water partition coefficient (Wildman–Crippen LogP) is 1.83. The van der Waals surface area contributed by atoms with Crippen molar-refractivity contribution in [2.45, 2.75) is 31.8 Å². The van der Waals surface area contributed by atoms with Gasteiger partial charge in [-0.25, -0.2) is 0 Å². The van der Waals surface area contributed by atoms with Gasteiger partial charge in [0, 0.05) is 13.0 Å². The Morgan fingerprint density at radius 3 is 3.10 bits per heavy atom. The fourth-order valence-electron chi connectivity index (χ4n) is 2.46. The van der Waals surface area contributed by atoms with Gasteiger partial charge in [-0.3, -0.25) is 0 Å². The lowest BCUT2D eigenvalue weighted by atomic mass is 9.99. The summed E-state index contributed by atoms with van der Waals surface area (Å²) in [6.45, 7) is 3.08. The van der Waals surface area contributed by atoms with Gasteiger partial charge >= 0.3 is 0 Å². The molecule has 1 aliphatic heterocycles. The van der Waals surface area contributed by atoms with Crippen molar-refractivity contribution in [2.75, 3.05) is 13.2 Å². The first-order chi connectivity index (χ1) is 9.72. The summed E-state index contributed by atoms with van der Waals surface area (Å²) in [6, 6.07) is 8.22. The molecule has 20 heavy (non-hydrogen) atoms. The summed E-state index contributed by atoms with van der Waals surface area (Å²) in [6.07, 6.45) is 0.783. The van der Waals surface area contributed by atoms with Crippen molar-refractivity contribution in [2.24, 2.45) is 0 Å². The maximum absolute atomic E-state index is 9.95. The van der Waals surface area contributed by atoms with Crippen molar-refractivity contribution in [3.8, 4) is 0 Å². The first-order valence-electron chi connectivity index (χ1n) is 6.86. The second kappa shape index (κ2) is 5.73. The quantitative estimate of drug-likeness (QED) is 0.924. The molecule has 0 radical (unpaired) electrons. The van der Waals surface area contributed by atoms with Crippen LogP contribution >= 0.6 is 0 Å². The summed E-state index contributed by atoms with van der Waals surface area (Å²) in [5, 5.41) is 13.9. The summed E-state index contributed by atoms with van der Waals surface area (Å²) in [5.41, 5.74) is 2.36. The molecule has 1 N–H and O–H groups in total. The van der Waals surface area contributed by atoms with E-state index in [1.165, 1.54) is 5.56 Å². The van der Waals surface area contributed by atoms with E-state index in [4.69, 9.17) is 9.26 Å². The van der Waals surface area contributed by atoms with Crippen molar-refractivity contribution in [1.82, 2.24) is 10.1 Å². The van der Waals surface area contributed by atoms with Crippen molar-refractivity contribution in [3.63, 3.8) is 0 Å². The molecular formula is C15H18N2O3. The number of aromatic nitrogens is 2. The molecule has 5 nitrogen and oxygen atoms in total. The Kier molecular flexibility index (Phi) is 3.80. The Bertz CT molecular complexity index is 582. The zero-order valence-electron chi connectivity index (χ0n) is 11.5. The Labute approximate surface area is 117 Å². The predicted molar refractivity (Wildman–Crippen MR) is 72.5 cm³/mol. The standard InChI is InChI=1S/C15H18N2O3/c1-10-3-2-4-11(7-10)8-14-16-15(20-17-14)12-9-19-6-5-13(12)18/h2-4,7,12-13,18H,5-6,8-9H2,1H3. The molecule has 2 aromatic rings. The zero-order valence-corrected chi connectivity index (χ0v) is 11.5. The molecule has 2 unspecified atom stereocenters. The average Bonchev–Trinajstić information content (AvgIpc) is 2.87. The van der Waals surface area contributed by atoms with Crippen LogP contribution in [0.15, 0.2) is 28.8 Å². The molecule has 2 atom stereocenters. The van der Waals surface area contributed by atoms with E-state index < -0.39 is 6.10 Å². The van der Waals surface area contributed by atoms with Crippen LogP contribution in [0.5, 0.6) is 0 Å². The van der Waals surface area contributed by atoms with Crippen LogP contribution in [0.25, 0.3) is 0 Å². The minimum atomic E-state index is -0.462. The van der Waals surface area contributed by atoms with E-state index in [0.29, 0.717) is 37.8 Å². The van der Waals surface area contributed by atoms with Gasteiger partial charge in [0.1, 0.15) is 0 Å². The van der Waals surface area contributed by atoms with Crippen LogP contribution in [0.2, 0.25) is 0 Å². The maximum atomic E-state index is 9.95. The number of benzene rings is 1. The van der Waals surface area contributed by atoms with E-state index in [1.807, 2.05) is 12.1 Å². The number of hydrogen-bond donors (Lipinski definition) is 1. The summed E-state index contributed by atoms with van der Waals surface area (Å²) in [7, 11) is 0. The van der Waals surface area contributed by atoms with Gasteiger partial charge in [-0.15, -0.1) is 0 Å². The number of aryl methyl sites for hydroxylation is 1. The second-order valence-electron chi connectivity index (χ2n) is 5.25. The third kappa shape index (κ3) is 2.89. The van der Waals surface area contributed by atoms with Crippen molar-refractivity contribution >= 4 is 0 Å². The van der Waals surface area contributed by atoms with E-state index in [9.17, 15) is 5.11 Å². The highest BCUT2D eigenvalue weighted by Gasteiger charge is 2.30. The van der Waals surface area contributed by atoms with Gasteiger partial charge in [0.05, 0.1) is 18.6 Å². The highest BCUT2D eigenvalue weighted by molar-refractivity contribution is 5.24. The minimum absolute atomic E-state index is 0.206. The van der Waals surface area contributed by atoms with Crippen LogP contribution in [-0.2, 0) is 11.2 Å². The van der Waals surface area contributed by atoms with Gasteiger partial charge in [0.2, 0.25) is 5.89 Å². The Morgan fingerprint density at radius 2 is 2.30 bits per heavy atom. The molecule has 106 valence electrons. The van der Waals surface area contributed by atoms with Gasteiger partial charge < -0.3 is 14.4 Å². The van der Waals surface area contributed by atoms with Crippen LogP contribution in [-0.4, -0.2) is 34.6 Å². The van der Waals surface area contributed by atoms with Gasteiger partial charge in [0.15, 0.2) is 5.82 Å². The molecule has 0 spiro atoms. The van der Waals surface area contributed by atoms with E-state index in [-0.39, 0.29) is 5.92 Å². The molecule has 5 heteroatoms. The molecule has 3 rings (SSSR count). The molecule has 0 aliphatic carbocycles. The molecule has 1 aliphatic rings. The largest absolute Gasteiger partial charge is 0.392 e. The third-order valence-electron chi connectivity index (χ3n) is 3.57. The molecule has 1 saturated heterocycles. The molecule has 0 saturated carbocycles. The number of aliphatic hydroxyl groups is 1. The zero-order chi connectivity index (χ0) is 13.9. The monoisotopic (exact) mass is 274 g/mol. The van der Waals surface area contributed by atoms with E-state index in [1.54, 1.807) is 0 Å². The van der Waals surface area contributed by atoms with Gasteiger partial charge in [0.25, 0.3) is 0 Å². The minimum Gasteiger partial charge on any atom is -0.392 e. The topological polar surface area (TPSA) is 68.4 Å². The first kappa shape index (κ1) is 13.3. The summed E-state index contributed by atoms with van der Waals surface area (Å²) < 4.78 is 10.6. The molecule has 1 aromatic carbocycles. The number of hydrogen-bond acceptors (Lipinski definition) is 5.